The van der Waals surface area contributed by atoms with E-state index in [1.54, 1.807) is 11.5 Å². The number of nitrogens with zero attached hydrogens (tertiary/aromatic N) is 1. The molecule has 1 unspecified atom stereocenters. The molecule has 142 valence electrons. The van der Waals surface area contributed by atoms with Crippen molar-refractivity contribution in [3.05, 3.63) is 57.7 Å². The quantitative estimate of drug-likeness (QED) is 0.675. The number of carbonyl (C=O) groups excluding carboxylic acids is 1. The molecule has 0 saturated heterocycles. The van der Waals surface area contributed by atoms with Crippen molar-refractivity contribution in [1.29, 1.82) is 0 Å². The van der Waals surface area contributed by atoms with E-state index in [1.165, 1.54) is 11.3 Å². The Balaban J connectivity index is 1.76. The van der Waals surface area contributed by atoms with Gasteiger partial charge in [-0.15, -0.1) is 0 Å². The highest BCUT2D eigenvalue weighted by Crippen LogP contribution is 2.25. The van der Waals surface area contributed by atoms with Crippen molar-refractivity contribution in [1.82, 2.24) is 4.57 Å². The summed E-state index contributed by atoms with van der Waals surface area (Å²) in [5.41, 5.74) is 2.61. The van der Waals surface area contributed by atoms with Crippen LogP contribution in [0.25, 0.3) is 10.2 Å². The Bertz CT molecular complexity index is 1020. The van der Waals surface area contributed by atoms with Gasteiger partial charge in [0.05, 0.1) is 10.2 Å². The van der Waals surface area contributed by atoms with E-state index in [2.05, 4.69) is 12.2 Å². The maximum Gasteiger partial charge on any atom is 0.308 e. The van der Waals surface area contributed by atoms with E-state index < -0.39 is 6.10 Å². The van der Waals surface area contributed by atoms with Crippen LogP contribution in [0.2, 0.25) is 0 Å². The molecular formula is C21H24N2O3S. The zero-order chi connectivity index (χ0) is 19.6. The minimum Gasteiger partial charge on any atom is -0.481 e. The maximum atomic E-state index is 12.5. The number of aryl methyl sites for hydroxylation is 1. The molecule has 1 amide bonds. The minimum atomic E-state index is -0.632. The van der Waals surface area contributed by atoms with Crippen LogP contribution in [0.1, 0.15) is 39.3 Å². The van der Waals surface area contributed by atoms with Crippen LogP contribution in [-0.2, 0) is 11.2 Å². The Morgan fingerprint density at radius 3 is 2.63 bits per heavy atom. The van der Waals surface area contributed by atoms with Crippen molar-refractivity contribution in [3.63, 3.8) is 0 Å². The van der Waals surface area contributed by atoms with Crippen molar-refractivity contribution in [2.75, 3.05) is 5.32 Å². The number of thiazole rings is 1. The number of carbonyl (C=O) groups is 1. The summed E-state index contributed by atoms with van der Waals surface area (Å²) in [5.74, 6) is 0.501. The van der Waals surface area contributed by atoms with Crippen molar-refractivity contribution in [2.45, 2.75) is 46.3 Å². The molecule has 0 spiro atoms. The third-order valence-corrected chi connectivity index (χ3v) is 5.34. The highest BCUT2D eigenvalue weighted by atomic mass is 32.1. The van der Waals surface area contributed by atoms with Gasteiger partial charge in [0.1, 0.15) is 5.75 Å². The fourth-order valence-electron chi connectivity index (χ4n) is 3.00. The molecule has 0 radical (unpaired) electrons. The van der Waals surface area contributed by atoms with Crippen LogP contribution < -0.4 is 14.9 Å². The number of aromatic nitrogens is 1. The van der Waals surface area contributed by atoms with Gasteiger partial charge in [0, 0.05) is 11.7 Å². The number of fused-ring (bicyclic) bond motifs is 1. The van der Waals surface area contributed by atoms with E-state index in [0.717, 1.165) is 28.0 Å². The molecule has 3 rings (SSSR count). The topological polar surface area (TPSA) is 60.3 Å². The predicted molar refractivity (Wildman–Crippen MR) is 111 cm³/mol. The molecule has 3 aromatic rings. The maximum absolute atomic E-state index is 12.5. The molecule has 2 aromatic carbocycles. The lowest BCUT2D eigenvalue weighted by atomic mass is 10.1. The smallest absolute Gasteiger partial charge is 0.308 e. The molecule has 1 N–H and O–H groups in total. The monoisotopic (exact) mass is 384 g/mol. The summed E-state index contributed by atoms with van der Waals surface area (Å²) >= 11 is 1.19. The molecule has 1 atom stereocenters. The number of benzene rings is 2. The number of para-hydroxylation sites is 1. The van der Waals surface area contributed by atoms with E-state index in [0.29, 0.717) is 5.69 Å². The fourth-order valence-corrected chi connectivity index (χ4v) is 4.05. The zero-order valence-corrected chi connectivity index (χ0v) is 16.8. The summed E-state index contributed by atoms with van der Waals surface area (Å²) in [6.07, 6.45) is 0.208. The lowest BCUT2D eigenvalue weighted by molar-refractivity contribution is -0.122. The first kappa shape index (κ1) is 19.2. The van der Waals surface area contributed by atoms with Gasteiger partial charge in [-0.1, -0.05) is 36.5 Å². The summed E-state index contributed by atoms with van der Waals surface area (Å²) in [7, 11) is 0. The Hall–Kier alpha value is -2.60. The van der Waals surface area contributed by atoms with E-state index in [1.807, 2.05) is 56.3 Å². The van der Waals surface area contributed by atoms with Crippen LogP contribution in [0.5, 0.6) is 5.75 Å². The number of anilines is 1. The molecule has 0 bridgehead atoms. The molecule has 0 aliphatic rings. The van der Waals surface area contributed by atoms with Gasteiger partial charge in [-0.25, -0.2) is 0 Å². The summed E-state index contributed by atoms with van der Waals surface area (Å²) in [6, 6.07) is 13.4. The Morgan fingerprint density at radius 1 is 1.19 bits per heavy atom. The first-order chi connectivity index (χ1) is 12.9. The second kappa shape index (κ2) is 7.96. The number of rotatable bonds is 6. The van der Waals surface area contributed by atoms with Gasteiger partial charge in [0.25, 0.3) is 5.91 Å². The third kappa shape index (κ3) is 4.06. The van der Waals surface area contributed by atoms with Gasteiger partial charge < -0.3 is 10.1 Å². The van der Waals surface area contributed by atoms with Crippen LogP contribution in [-0.4, -0.2) is 16.6 Å². The van der Waals surface area contributed by atoms with Crippen molar-refractivity contribution < 1.29 is 9.53 Å². The van der Waals surface area contributed by atoms with Crippen LogP contribution in [0.4, 0.5) is 5.69 Å². The highest BCUT2D eigenvalue weighted by Gasteiger charge is 2.17. The highest BCUT2D eigenvalue weighted by molar-refractivity contribution is 7.16. The van der Waals surface area contributed by atoms with Crippen LogP contribution in [0.3, 0.4) is 0 Å². The van der Waals surface area contributed by atoms with Crippen molar-refractivity contribution in [3.8, 4) is 5.75 Å². The normalized spacial score (nSPS) is 12.3. The molecular weight excluding hydrogens is 360 g/mol. The molecule has 0 aliphatic heterocycles. The zero-order valence-electron chi connectivity index (χ0n) is 16.0. The largest absolute Gasteiger partial charge is 0.481 e. The third-order valence-electron chi connectivity index (χ3n) is 4.42. The molecule has 0 fully saturated rings. The first-order valence-corrected chi connectivity index (χ1v) is 9.93. The lowest BCUT2D eigenvalue weighted by Gasteiger charge is -2.17. The van der Waals surface area contributed by atoms with E-state index in [9.17, 15) is 9.59 Å². The number of nitrogens with one attached hydrogen (secondary N) is 1. The summed E-state index contributed by atoms with van der Waals surface area (Å²) in [6.45, 7) is 7.75. The predicted octanol–water partition coefficient (Wildman–Crippen LogP) is 4.61. The standard InChI is InChI=1S/C21H24N2O3S/c1-5-15-8-6-7-9-18(15)26-14(4)20(24)22-16-10-11-17-19(12-16)27-21(25)23(17)13(2)3/h6-14H,5H2,1-4H3,(H,22,24). The van der Waals surface area contributed by atoms with E-state index in [4.69, 9.17) is 4.74 Å². The van der Waals surface area contributed by atoms with E-state index in [-0.39, 0.29) is 16.8 Å². The van der Waals surface area contributed by atoms with Crippen molar-refractivity contribution in [2.24, 2.45) is 0 Å². The molecule has 6 heteroatoms. The van der Waals surface area contributed by atoms with Crippen LogP contribution in [0, 0.1) is 0 Å². The molecule has 5 nitrogen and oxygen atoms in total. The molecule has 27 heavy (non-hydrogen) atoms. The molecule has 1 aromatic heterocycles. The van der Waals surface area contributed by atoms with Gasteiger partial charge in [0.15, 0.2) is 6.10 Å². The average Bonchev–Trinajstić information content (AvgIpc) is 2.97. The van der Waals surface area contributed by atoms with Gasteiger partial charge in [-0.2, -0.15) is 0 Å². The number of hydrogen-bond donors (Lipinski definition) is 1. The molecule has 1 heterocycles. The van der Waals surface area contributed by atoms with Crippen LogP contribution in [0.15, 0.2) is 47.3 Å². The van der Waals surface area contributed by atoms with E-state index >= 15 is 0 Å². The van der Waals surface area contributed by atoms with Crippen molar-refractivity contribution >= 4 is 33.1 Å². The number of hydrogen-bond acceptors (Lipinski definition) is 4. The number of ether oxygens (including phenoxy) is 1. The van der Waals surface area contributed by atoms with Crippen LogP contribution >= 0.6 is 11.3 Å². The SMILES string of the molecule is CCc1ccccc1OC(C)C(=O)Nc1ccc2c(c1)sc(=O)n2C(C)C. The average molecular weight is 385 g/mol. The summed E-state index contributed by atoms with van der Waals surface area (Å²) < 4.78 is 8.47. The Kier molecular flexibility index (Phi) is 5.65. The summed E-state index contributed by atoms with van der Waals surface area (Å²) in [4.78, 5) is 24.7. The van der Waals surface area contributed by atoms with Gasteiger partial charge >= 0.3 is 4.87 Å². The fraction of sp³-hybridized carbons (Fsp3) is 0.333. The first-order valence-electron chi connectivity index (χ1n) is 9.11. The Morgan fingerprint density at radius 2 is 1.93 bits per heavy atom. The second-order valence-electron chi connectivity index (χ2n) is 6.72. The van der Waals surface area contributed by atoms with Gasteiger partial charge in [-0.3, -0.25) is 14.2 Å². The second-order valence-corrected chi connectivity index (χ2v) is 7.72. The molecule has 0 aliphatic carbocycles. The lowest BCUT2D eigenvalue weighted by Crippen LogP contribution is -2.30. The Labute approximate surface area is 162 Å². The summed E-state index contributed by atoms with van der Waals surface area (Å²) in [5, 5.41) is 2.88. The van der Waals surface area contributed by atoms with Gasteiger partial charge in [0.2, 0.25) is 0 Å². The number of amides is 1. The minimum absolute atomic E-state index is 0.0105. The van der Waals surface area contributed by atoms with Gasteiger partial charge in [-0.05, 0) is 57.0 Å². The molecule has 0 saturated carbocycles.